The predicted molar refractivity (Wildman–Crippen MR) is 121 cm³/mol. The average molecular weight is 432 g/mol. The maximum Gasteiger partial charge on any atom is 0.351 e. The molecule has 32 heavy (non-hydrogen) atoms. The van der Waals surface area contributed by atoms with Crippen LogP contribution in [0, 0.1) is 0 Å². The Balaban J connectivity index is 1.30. The number of para-hydroxylation sites is 1. The van der Waals surface area contributed by atoms with Crippen LogP contribution in [0.4, 0.5) is 0 Å². The highest BCUT2D eigenvalue weighted by Gasteiger charge is 2.35. The number of ether oxygens (including phenoxy) is 4. The standard InChI is InChI=1S/C26H24O6/c1-18(30-21-8-10-22(11-9-21)31-20-6-4-3-5-7-20)17-29-23-12-13-24-19(16-23)14-15-26(2,32-24)25(27)28/h3-16,18H,17H2,1-2H3,(H,27,28). The van der Waals surface area contributed by atoms with Crippen molar-refractivity contribution in [2.75, 3.05) is 6.61 Å². The van der Waals surface area contributed by atoms with Crippen LogP contribution in [0.1, 0.15) is 19.4 Å². The molecule has 3 aromatic rings. The number of aliphatic carboxylic acids is 1. The molecular formula is C26H24O6. The highest BCUT2D eigenvalue weighted by atomic mass is 16.5. The Labute approximate surface area is 186 Å². The lowest BCUT2D eigenvalue weighted by atomic mass is 10.0. The summed E-state index contributed by atoms with van der Waals surface area (Å²) in [7, 11) is 0. The molecule has 4 rings (SSSR count). The van der Waals surface area contributed by atoms with Gasteiger partial charge in [0.2, 0.25) is 5.60 Å². The lowest BCUT2D eigenvalue weighted by Crippen LogP contribution is -2.40. The second-order valence-corrected chi connectivity index (χ2v) is 7.67. The molecule has 0 spiro atoms. The fraction of sp³-hybridized carbons (Fsp3) is 0.192. The first kappa shape index (κ1) is 21.3. The van der Waals surface area contributed by atoms with Gasteiger partial charge < -0.3 is 24.1 Å². The van der Waals surface area contributed by atoms with E-state index in [1.807, 2.05) is 67.6 Å². The minimum atomic E-state index is -1.36. The number of hydrogen-bond donors (Lipinski definition) is 1. The molecule has 164 valence electrons. The number of hydrogen-bond acceptors (Lipinski definition) is 5. The van der Waals surface area contributed by atoms with Gasteiger partial charge in [-0.25, -0.2) is 4.79 Å². The second kappa shape index (κ2) is 9.06. The highest BCUT2D eigenvalue weighted by Crippen LogP contribution is 2.34. The SMILES string of the molecule is CC(COc1ccc2c(c1)C=CC(C)(C(=O)O)O2)Oc1ccc(Oc2ccccc2)cc1. The van der Waals surface area contributed by atoms with Crippen molar-refractivity contribution >= 4 is 12.0 Å². The molecule has 1 N–H and O–H groups in total. The third-order valence-corrected chi connectivity index (χ3v) is 4.93. The first-order valence-corrected chi connectivity index (χ1v) is 10.3. The molecule has 3 aromatic carbocycles. The topological polar surface area (TPSA) is 74.2 Å². The van der Waals surface area contributed by atoms with Crippen LogP contribution in [0.3, 0.4) is 0 Å². The van der Waals surface area contributed by atoms with Gasteiger partial charge in [-0.15, -0.1) is 0 Å². The van der Waals surface area contributed by atoms with E-state index in [2.05, 4.69) is 0 Å². The lowest BCUT2D eigenvalue weighted by molar-refractivity contribution is -0.149. The molecule has 0 saturated heterocycles. The van der Waals surface area contributed by atoms with Gasteiger partial charge >= 0.3 is 5.97 Å². The van der Waals surface area contributed by atoms with Crippen molar-refractivity contribution in [2.24, 2.45) is 0 Å². The molecule has 0 amide bonds. The Hall–Kier alpha value is -3.93. The molecule has 0 radical (unpaired) electrons. The van der Waals surface area contributed by atoms with Crippen molar-refractivity contribution in [1.82, 2.24) is 0 Å². The summed E-state index contributed by atoms with van der Waals surface area (Å²) in [6.45, 7) is 3.78. The Bertz CT molecular complexity index is 1110. The van der Waals surface area contributed by atoms with Gasteiger partial charge in [-0.3, -0.25) is 0 Å². The summed E-state index contributed by atoms with van der Waals surface area (Å²) in [6, 6.07) is 22.3. The van der Waals surface area contributed by atoms with Gasteiger partial charge in [0.25, 0.3) is 0 Å². The summed E-state index contributed by atoms with van der Waals surface area (Å²) in [4.78, 5) is 11.4. The van der Waals surface area contributed by atoms with Crippen molar-refractivity contribution in [3.63, 3.8) is 0 Å². The van der Waals surface area contributed by atoms with Crippen LogP contribution in [-0.4, -0.2) is 29.4 Å². The average Bonchev–Trinajstić information content (AvgIpc) is 2.79. The first-order chi connectivity index (χ1) is 15.4. The van der Waals surface area contributed by atoms with E-state index in [1.165, 1.54) is 13.0 Å². The summed E-state index contributed by atoms with van der Waals surface area (Å²) >= 11 is 0. The van der Waals surface area contributed by atoms with Crippen LogP contribution in [-0.2, 0) is 4.79 Å². The normalized spacial score (nSPS) is 17.6. The van der Waals surface area contributed by atoms with E-state index in [0.29, 0.717) is 18.1 Å². The van der Waals surface area contributed by atoms with Crippen LogP contribution in [0.25, 0.3) is 6.08 Å². The largest absolute Gasteiger partial charge is 0.490 e. The monoisotopic (exact) mass is 432 g/mol. The first-order valence-electron chi connectivity index (χ1n) is 10.3. The molecule has 0 bridgehead atoms. The van der Waals surface area contributed by atoms with E-state index in [1.54, 1.807) is 18.2 Å². The number of carbonyl (C=O) groups is 1. The Morgan fingerprint density at radius 1 is 0.969 bits per heavy atom. The summed E-state index contributed by atoms with van der Waals surface area (Å²) in [5.74, 6) is 2.35. The van der Waals surface area contributed by atoms with Crippen molar-refractivity contribution in [2.45, 2.75) is 25.6 Å². The van der Waals surface area contributed by atoms with Crippen molar-refractivity contribution in [3.05, 3.63) is 84.4 Å². The predicted octanol–water partition coefficient (Wildman–Crippen LogP) is 5.57. The molecule has 1 heterocycles. The number of carboxylic acids is 1. The molecule has 0 aromatic heterocycles. The zero-order valence-corrected chi connectivity index (χ0v) is 17.9. The van der Waals surface area contributed by atoms with Gasteiger partial charge in [0.1, 0.15) is 41.5 Å². The third kappa shape index (κ3) is 5.03. The summed E-state index contributed by atoms with van der Waals surface area (Å²) in [6.07, 6.45) is 3.07. The minimum Gasteiger partial charge on any atom is -0.490 e. The van der Waals surface area contributed by atoms with E-state index in [4.69, 9.17) is 18.9 Å². The van der Waals surface area contributed by atoms with Gasteiger partial charge in [0, 0.05) is 5.56 Å². The van der Waals surface area contributed by atoms with Gasteiger partial charge in [-0.2, -0.15) is 0 Å². The van der Waals surface area contributed by atoms with Gasteiger partial charge in [-0.1, -0.05) is 24.3 Å². The maximum absolute atomic E-state index is 11.4. The van der Waals surface area contributed by atoms with Gasteiger partial charge in [0.15, 0.2) is 0 Å². The van der Waals surface area contributed by atoms with E-state index in [-0.39, 0.29) is 6.10 Å². The molecule has 1 aliphatic rings. The van der Waals surface area contributed by atoms with E-state index >= 15 is 0 Å². The number of fused-ring (bicyclic) bond motifs is 1. The highest BCUT2D eigenvalue weighted by molar-refractivity contribution is 5.83. The van der Waals surface area contributed by atoms with E-state index in [9.17, 15) is 9.90 Å². The molecule has 2 atom stereocenters. The minimum absolute atomic E-state index is 0.186. The van der Waals surface area contributed by atoms with Crippen LogP contribution < -0.4 is 18.9 Å². The molecule has 6 heteroatoms. The van der Waals surface area contributed by atoms with Crippen molar-refractivity contribution in [3.8, 4) is 28.7 Å². The number of benzene rings is 3. The van der Waals surface area contributed by atoms with Crippen LogP contribution in [0.5, 0.6) is 28.7 Å². The molecule has 1 aliphatic heterocycles. The van der Waals surface area contributed by atoms with Crippen molar-refractivity contribution < 1.29 is 28.8 Å². The van der Waals surface area contributed by atoms with Crippen LogP contribution in [0.15, 0.2) is 78.9 Å². The molecule has 0 saturated carbocycles. The lowest BCUT2D eigenvalue weighted by Gasteiger charge is -2.27. The van der Waals surface area contributed by atoms with Gasteiger partial charge in [0.05, 0.1) is 0 Å². The molecule has 6 nitrogen and oxygen atoms in total. The Morgan fingerprint density at radius 3 is 2.34 bits per heavy atom. The Kier molecular flexibility index (Phi) is 6.03. The summed E-state index contributed by atoms with van der Waals surface area (Å²) in [5.41, 5.74) is -0.594. The summed E-state index contributed by atoms with van der Waals surface area (Å²) < 4.78 is 23.2. The Morgan fingerprint density at radius 2 is 1.62 bits per heavy atom. The zero-order chi connectivity index (χ0) is 22.6. The van der Waals surface area contributed by atoms with Gasteiger partial charge in [-0.05, 0) is 74.5 Å². The molecule has 0 aliphatic carbocycles. The molecule has 0 fully saturated rings. The van der Waals surface area contributed by atoms with E-state index in [0.717, 1.165) is 22.8 Å². The second-order valence-electron chi connectivity index (χ2n) is 7.67. The maximum atomic E-state index is 11.4. The smallest absolute Gasteiger partial charge is 0.351 e. The van der Waals surface area contributed by atoms with Crippen molar-refractivity contribution in [1.29, 1.82) is 0 Å². The van der Waals surface area contributed by atoms with Crippen LogP contribution >= 0.6 is 0 Å². The molecular weight excluding hydrogens is 408 g/mol. The molecule has 2 unspecified atom stereocenters. The van der Waals surface area contributed by atoms with E-state index < -0.39 is 11.6 Å². The fourth-order valence-electron chi connectivity index (χ4n) is 3.16. The van der Waals surface area contributed by atoms with Crippen LogP contribution in [0.2, 0.25) is 0 Å². The summed E-state index contributed by atoms with van der Waals surface area (Å²) in [5, 5.41) is 9.30. The quantitative estimate of drug-likeness (QED) is 0.501. The number of rotatable bonds is 8. The number of carboxylic acid groups (broad SMARTS) is 1. The fourth-order valence-corrected chi connectivity index (χ4v) is 3.16. The third-order valence-electron chi connectivity index (χ3n) is 4.93. The zero-order valence-electron chi connectivity index (χ0n) is 17.9.